The molecule has 0 radical (unpaired) electrons. The van der Waals surface area contributed by atoms with E-state index < -0.39 is 0 Å². The Balaban J connectivity index is 1.08. The first-order valence-electron chi connectivity index (χ1n) is 15.5. The van der Waals surface area contributed by atoms with E-state index in [1.807, 2.05) is 6.07 Å². The van der Waals surface area contributed by atoms with E-state index in [1.165, 1.54) is 65.7 Å². The van der Waals surface area contributed by atoms with Crippen LogP contribution in [0.4, 0.5) is 0 Å². The molecule has 8 aromatic carbocycles. The monoisotopic (exact) mass is 570 g/mol. The first kappa shape index (κ1) is 24.5. The molecule has 0 aliphatic heterocycles. The molecule has 0 saturated carbocycles. The van der Waals surface area contributed by atoms with Crippen molar-refractivity contribution < 1.29 is 0 Å². The Morgan fingerprint density at radius 1 is 0.400 bits per heavy atom. The highest BCUT2D eigenvalue weighted by Gasteiger charge is 2.21. The second-order valence-corrected chi connectivity index (χ2v) is 12.0. The Kier molecular flexibility index (Phi) is 5.03. The molecule has 9 aromatic rings. The van der Waals surface area contributed by atoms with Crippen LogP contribution in [0, 0.1) is 0 Å². The van der Waals surface area contributed by atoms with Gasteiger partial charge in [0.05, 0.1) is 11.0 Å². The van der Waals surface area contributed by atoms with E-state index in [1.54, 1.807) is 0 Å². The average molecular weight is 571 g/mol. The molecule has 2 nitrogen and oxygen atoms in total. The Morgan fingerprint density at radius 3 is 1.93 bits per heavy atom. The molecule has 45 heavy (non-hydrogen) atoms. The maximum atomic E-state index is 5.03. The van der Waals surface area contributed by atoms with E-state index in [0.29, 0.717) is 0 Å². The minimum absolute atomic E-state index is 0.954. The molecule has 10 rings (SSSR count). The number of nitrogens with zero attached hydrogens (tertiary/aromatic N) is 2. The van der Waals surface area contributed by atoms with Crippen molar-refractivity contribution in [3.63, 3.8) is 0 Å². The van der Waals surface area contributed by atoms with Crippen LogP contribution in [0.2, 0.25) is 0 Å². The second kappa shape index (κ2) is 9.25. The summed E-state index contributed by atoms with van der Waals surface area (Å²) in [5.74, 6) is 0.954. The van der Waals surface area contributed by atoms with Crippen LogP contribution in [0.25, 0.3) is 93.8 Å². The summed E-state index contributed by atoms with van der Waals surface area (Å²) in [4.78, 5) is 5.03. The van der Waals surface area contributed by atoms with E-state index in [0.717, 1.165) is 28.1 Å². The number of hydrogen-bond donors (Lipinski definition) is 0. The van der Waals surface area contributed by atoms with E-state index in [2.05, 4.69) is 156 Å². The molecule has 0 N–H and O–H groups in total. The van der Waals surface area contributed by atoms with Gasteiger partial charge in [-0.25, -0.2) is 4.98 Å². The zero-order valence-electron chi connectivity index (χ0n) is 24.4. The number of para-hydroxylation sites is 2. The van der Waals surface area contributed by atoms with Crippen molar-refractivity contribution in [2.45, 2.75) is 0 Å². The third kappa shape index (κ3) is 3.60. The minimum Gasteiger partial charge on any atom is -0.292 e. The minimum atomic E-state index is 0.954. The number of benzene rings is 8. The number of imidazole rings is 1. The number of rotatable bonds is 3. The maximum Gasteiger partial charge on any atom is 0.145 e. The van der Waals surface area contributed by atoms with Crippen LogP contribution in [-0.2, 0) is 0 Å². The van der Waals surface area contributed by atoms with Crippen LogP contribution in [0.5, 0.6) is 0 Å². The van der Waals surface area contributed by atoms with Gasteiger partial charge in [-0.3, -0.25) is 4.57 Å². The molecule has 0 unspecified atom stereocenters. The van der Waals surface area contributed by atoms with Crippen LogP contribution in [0.1, 0.15) is 0 Å². The number of fused-ring (bicyclic) bond motifs is 7. The lowest BCUT2D eigenvalue weighted by atomic mass is 9.94. The van der Waals surface area contributed by atoms with Gasteiger partial charge in [-0.05, 0) is 102 Å². The molecule has 0 saturated heterocycles. The molecule has 0 bridgehead atoms. The summed E-state index contributed by atoms with van der Waals surface area (Å²) < 4.78 is 2.28. The summed E-state index contributed by atoms with van der Waals surface area (Å²) >= 11 is 0. The van der Waals surface area contributed by atoms with Gasteiger partial charge in [0.2, 0.25) is 0 Å². The smallest absolute Gasteiger partial charge is 0.145 e. The first-order valence-corrected chi connectivity index (χ1v) is 15.5. The zero-order chi connectivity index (χ0) is 29.5. The Bertz CT molecular complexity index is 2640. The van der Waals surface area contributed by atoms with Gasteiger partial charge in [-0.2, -0.15) is 0 Å². The lowest BCUT2D eigenvalue weighted by molar-refractivity contribution is 1.11. The van der Waals surface area contributed by atoms with Crippen molar-refractivity contribution in [3.8, 4) is 50.5 Å². The van der Waals surface area contributed by atoms with E-state index in [-0.39, 0.29) is 0 Å². The second-order valence-electron chi connectivity index (χ2n) is 12.0. The van der Waals surface area contributed by atoms with Gasteiger partial charge in [-0.15, -0.1) is 0 Å². The van der Waals surface area contributed by atoms with Crippen LogP contribution in [0.3, 0.4) is 0 Å². The Labute approximate surface area is 260 Å². The third-order valence-electron chi connectivity index (χ3n) is 9.51. The number of aromatic nitrogens is 2. The fourth-order valence-electron chi connectivity index (χ4n) is 7.42. The van der Waals surface area contributed by atoms with Gasteiger partial charge in [-0.1, -0.05) is 121 Å². The van der Waals surface area contributed by atoms with Crippen molar-refractivity contribution in [3.05, 3.63) is 158 Å². The Morgan fingerprint density at radius 2 is 1.09 bits per heavy atom. The van der Waals surface area contributed by atoms with Crippen molar-refractivity contribution in [2.24, 2.45) is 0 Å². The largest absolute Gasteiger partial charge is 0.292 e. The molecule has 0 amide bonds. The molecule has 1 aliphatic carbocycles. The van der Waals surface area contributed by atoms with E-state index >= 15 is 0 Å². The maximum absolute atomic E-state index is 5.03. The van der Waals surface area contributed by atoms with Crippen molar-refractivity contribution in [2.75, 3.05) is 0 Å². The fraction of sp³-hybridized carbons (Fsp3) is 0. The zero-order valence-corrected chi connectivity index (χ0v) is 24.4. The molecule has 0 atom stereocenters. The summed E-state index contributed by atoms with van der Waals surface area (Å²) in [5.41, 5.74) is 12.1. The molecule has 1 aromatic heterocycles. The molecule has 0 spiro atoms. The predicted octanol–water partition coefficient (Wildman–Crippen LogP) is 11.5. The predicted molar refractivity (Wildman–Crippen MR) is 189 cm³/mol. The van der Waals surface area contributed by atoms with Crippen LogP contribution in [0.15, 0.2) is 158 Å². The molecule has 1 heterocycles. The molecular weight excluding hydrogens is 544 g/mol. The summed E-state index contributed by atoms with van der Waals surface area (Å²) in [7, 11) is 0. The molecule has 0 fully saturated rings. The topological polar surface area (TPSA) is 17.8 Å². The lowest BCUT2D eigenvalue weighted by Gasteiger charge is -2.13. The fourth-order valence-corrected chi connectivity index (χ4v) is 7.42. The van der Waals surface area contributed by atoms with Gasteiger partial charge in [0.25, 0.3) is 0 Å². The highest BCUT2D eigenvalue weighted by molar-refractivity contribution is 6.16. The third-order valence-corrected chi connectivity index (χ3v) is 9.51. The molecule has 2 heteroatoms. The molecule has 208 valence electrons. The quantitative estimate of drug-likeness (QED) is 0.193. The van der Waals surface area contributed by atoms with Crippen molar-refractivity contribution >= 4 is 43.4 Å². The first-order chi connectivity index (χ1) is 22.3. The van der Waals surface area contributed by atoms with Crippen LogP contribution in [-0.4, -0.2) is 9.55 Å². The number of hydrogen-bond acceptors (Lipinski definition) is 1. The SMILES string of the molecule is c1ccc(-c2nc3ccccc3n2-c2ccc3c(ccc4cc(-c5ccc6c(c5)-c5cccc7cccc-6c57)ccc43)c2)cc1. The van der Waals surface area contributed by atoms with Crippen LogP contribution < -0.4 is 0 Å². The standard InChI is InChI=1S/C43H26N2/c1-2-8-28(9-3-1)43-44-40-14-4-5-15-41(40)45(43)33-20-23-35-32(25-33)17-16-31-24-29(18-21-34(31)35)30-19-22-36-37-12-6-10-27-11-7-13-38(42(27)37)39(36)26-30/h1-26H. The summed E-state index contributed by atoms with van der Waals surface area (Å²) in [5, 5.41) is 7.66. The van der Waals surface area contributed by atoms with Gasteiger partial charge in [0.15, 0.2) is 0 Å². The summed E-state index contributed by atoms with van der Waals surface area (Å²) in [6, 6.07) is 57.3. The molecule has 1 aliphatic rings. The van der Waals surface area contributed by atoms with Gasteiger partial charge >= 0.3 is 0 Å². The van der Waals surface area contributed by atoms with Gasteiger partial charge < -0.3 is 0 Å². The summed E-state index contributed by atoms with van der Waals surface area (Å²) in [6.45, 7) is 0. The van der Waals surface area contributed by atoms with E-state index in [9.17, 15) is 0 Å². The average Bonchev–Trinajstić information content (AvgIpc) is 3.65. The Hall–Kier alpha value is -5.99. The van der Waals surface area contributed by atoms with Crippen molar-refractivity contribution in [1.29, 1.82) is 0 Å². The molecular formula is C43H26N2. The van der Waals surface area contributed by atoms with Gasteiger partial charge in [0, 0.05) is 11.3 Å². The van der Waals surface area contributed by atoms with E-state index in [4.69, 9.17) is 4.98 Å². The highest BCUT2D eigenvalue weighted by Crippen LogP contribution is 2.48. The van der Waals surface area contributed by atoms with Gasteiger partial charge in [0.1, 0.15) is 5.82 Å². The normalized spacial score (nSPS) is 12.0. The lowest BCUT2D eigenvalue weighted by Crippen LogP contribution is -1.97. The van der Waals surface area contributed by atoms with Crippen LogP contribution >= 0.6 is 0 Å². The highest BCUT2D eigenvalue weighted by atomic mass is 15.1. The van der Waals surface area contributed by atoms with Crippen molar-refractivity contribution in [1.82, 2.24) is 9.55 Å². The summed E-state index contributed by atoms with van der Waals surface area (Å²) in [6.07, 6.45) is 0.